The second kappa shape index (κ2) is 3.89. The number of rotatable bonds is 3. The van der Waals surface area contributed by atoms with E-state index in [1.54, 1.807) is 0 Å². The second-order valence-corrected chi connectivity index (χ2v) is 4.78. The predicted molar refractivity (Wildman–Crippen MR) is 67.5 cm³/mol. The van der Waals surface area contributed by atoms with Crippen molar-refractivity contribution in [1.29, 1.82) is 0 Å². The highest BCUT2D eigenvalue weighted by Crippen LogP contribution is 2.34. The van der Waals surface area contributed by atoms with Gasteiger partial charge >= 0.3 is 0 Å². The molecule has 82 valence electrons. The number of aromatic nitrogens is 1. The van der Waals surface area contributed by atoms with Crippen molar-refractivity contribution in [3.63, 3.8) is 0 Å². The SMILES string of the molecule is CCc1c(CC2CC2)cnc2ccccc12. The van der Waals surface area contributed by atoms with Crippen LogP contribution in [-0.4, -0.2) is 4.98 Å². The maximum Gasteiger partial charge on any atom is 0.0704 e. The maximum atomic E-state index is 4.57. The van der Waals surface area contributed by atoms with Crippen LogP contribution in [0.5, 0.6) is 0 Å². The van der Waals surface area contributed by atoms with E-state index in [2.05, 4.69) is 42.4 Å². The zero-order chi connectivity index (χ0) is 11.0. The molecule has 0 amide bonds. The van der Waals surface area contributed by atoms with Crippen molar-refractivity contribution in [1.82, 2.24) is 4.98 Å². The summed E-state index contributed by atoms with van der Waals surface area (Å²) in [6, 6.07) is 8.49. The Morgan fingerprint density at radius 2 is 2.06 bits per heavy atom. The van der Waals surface area contributed by atoms with Gasteiger partial charge in [0, 0.05) is 11.6 Å². The van der Waals surface area contributed by atoms with Gasteiger partial charge in [-0.25, -0.2) is 0 Å². The average Bonchev–Trinajstić information content (AvgIpc) is 3.13. The molecule has 0 radical (unpaired) electrons. The van der Waals surface area contributed by atoms with Crippen LogP contribution in [-0.2, 0) is 12.8 Å². The maximum absolute atomic E-state index is 4.57. The first kappa shape index (κ1) is 9.83. The quantitative estimate of drug-likeness (QED) is 0.753. The van der Waals surface area contributed by atoms with Crippen LogP contribution in [0.15, 0.2) is 30.5 Å². The summed E-state index contributed by atoms with van der Waals surface area (Å²) in [4.78, 5) is 4.57. The van der Waals surface area contributed by atoms with Crippen LogP contribution >= 0.6 is 0 Å². The number of benzene rings is 1. The normalized spacial score (nSPS) is 15.6. The molecule has 0 unspecified atom stereocenters. The second-order valence-electron chi connectivity index (χ2n) is 4.78. The van der Waals surface area contributed by atoms with Gasteiger partial charge in [0.2, 0.25) is 0 Å². The van der Waals surface area contributed by atoms with Crippen molar-refractivity contribution < 1.29 is 0 Å². The molecule has 0 saturated heterocycles. The molecule has 0 spiro atoms. The molecule has 1 heterocycles. The lowest BCUT2D eigenvalue weighted by molar-refractivity contribution is 0.817. The van der Waals surface area contributed by atoms with Crippen LogP contribution in [0.4, 0.5) is 0 Å². The van der Waals surface area contributed by atoms with E-state index in [4.69, 9.17) is 0 Å². The van der Waals surface area contributed by atoms with Crippen molar-refractivity contribution in [3.05, 3.63) is 41.6 Å². The van der Waals surface area contributed by atoms with Crippen LogP contribution < -0.4 is 0 Å². The molecule has 0 aliphatic heterocycles. The largest absolute Gasteiger partial charge is 0.256 e. The van der Waals surface area contributed by atoms with Crippen LogP contribution in [0.25, 0.3) is 10.9 Å². The lowest BCUT2D eigenvalue weighted by Gasteiger charge is -2.10. The zero-order valence-electron chi connectivity index (χ0n) is 9.74. The number of aryl methyl sites for hydroxylation is 1. The highest BCUT2D eigenvalue weighted by Gasteiger charge is 2.23. The van der Waals surface area contributed by atoms with Gasteiger partial charge in [0.15, 0.2) is 0 Å². The van der Waals surface area contributed by atoms with Crippen molar-refractivity contribution in [2.45, 2.75) is 32.6 Å². The Labute approximate surface area is 96.5 Å². The van der Waals surface area contributed by atoms with E-state index in [0.717, 1.165) is 17.9 Å². The third-order valence-electron chi connectivity index (χ3n) is 3.54. The van der Waals surface area contributed by atoms with Gasteiger partial charge in [-0.15, -0.1) is 0 Å². The van der Waals surface area contributed by atoms with Gasteiger partial charge in [-0.1, -0.05) is 25.1 Å². The fraction of sp³-hybridized carbons (Fsp3) is 0.400. The van der Waals surface area contributed by atoms with Crippen LogP contribution in [0.3, 0.4) is 0 Å². The summed E-state index contributed by atoms with van der Waals surface area (Å²) >= 11 is 0. The van der Waals surface area contributed by atoms with E-state index >= 15 is 0 Å². The first-order chi connectivity index (χ1) is 7.88. The molecule has 1 nitrogen and oxygen atoms in total. The third-order valence-corrected chi connectivity index (χ3v) is 3.54. The summed E-state index contributed by atoms with van der Waals surface area (Å²) < 4.78 is 0. The minimum atomic E-state index is 0.938. The van der Waals surface area contributed by atoms with Crippen molar-refractivity contribution >= 4 is 10.9 Å². The van der Waals surface area contributed by atoms with Crippen molar-refractivity contribution in [3.8, 4) is 0 Å². The van der Waals surface area contributed by atoms with Crippen LogP contribution in [0.1, 0.15) is 30.9 Å². The topological polar surface area (TPSA) is 12.9 Å². The molecule has 1 aliphatic rings. The molecule has 1 heteroatoms. The number of nitrogens with zero attached hydrogens (tertiary/aromatic N) is 1. The molecule has 1 aliphatic carbocycles. The van der Waals surface area contributed by atoms with Gasteiger partial charge in [-0.3, -0.25) is 4.98 Å². The molecule has 16 heavy (non-hydrogen) atoms. The van der Waals surface area contributed by atoms with Gasteiger partial charge in [0.25, 0.3) is 0 Å². The molecule has 0 N–H and O–H groups in total. The third kappa shape index (κ3) is 1.71. The van der Waals surface area contributed by atoms with Crippen LogP contribution in [0.2, 0.25) is 0 Å². The highest BCUT2D eigenvalue weighted by atomic mass is 14.7. The number of pyridine rings is 1. The fourth-order valence-corrected chi connectivity index (χ4v) is 2.47. The van der Waals surface area contributed by atoms with Crippen molar-refractivity contribution in [2.75, 3.05) is 0 Å². The van der Waals surface area contributed by atoms with E-state index < -0.39 is 0 Å². The summed E-state index contributed by atoms with van der Waals surface area (Å²) in [6.45, 7) is 2.25. The van der Waals surface area contributed by atoms with Gasteiger partial charge in [0.1, 0.15) is 0 Å². The first-order valence-corrected chi connectivity index (χ1v) is 6.24. The van der Waals surface area contributed by atoms with E-state index in [1.807, 2.05) is 0 Å². The number of para-hydroxylation sites is 1. The number of fused-ring (bicyclic) bond motifs is 1. The van der Waals surface area contributed by atoms with Gasteiger partial charge in [-0.2, -0.15) is 0 Å². The summed E-state index contributed by atoms with van der Waals surface area (Å²) in [7, 11) is 0. The minimum Gasteiger partial charge on any atom is -0.256 e. The molecular weight excluding hydrogens is 194 g/mol. The fourth-order valence-electron chi connectivity index (χ4n) is 2.47. The molecule has 0 bridgehead atoms. The van der Waals surface area contributed by atoms with Crippen molar-refractivity contribution in [2.24, 2.45) is 5.92 Å². The highest BCUT2D eigenvalue weighted by molar-refractivity contribution is 5.83. The first-order valence-electron chi connectivity index (χ1n) is 6.24. The van der Waals surface area contributed by atoms with E-state index in [0.29, 0.717) is 0 Å². The Balaban J connectivity index is 2.13. The number of hydrogen-bond donors (Lipinski definition) is 0. The zero-order valence-corrected chi connectivity index (χ0v) is 9.74. The molecule has 1 aromatic heterocycles. The monoisotopic (exact) mass is 211 g/mol. The molecule has 1 aromatic carbocycles. The lowest BCUT2D eigenvalue weighted by atomic mass is 9.98. The van der Waals surface area contributed by atoms with E-state index in [1.165, 1.54) is 35.8 Å². The summed E-state index contributed by atoms with van der Waals surface area (Å²) in [5.74, 6) is 0.938. The molecule has 1 saturated carbocycles. The summed E-state index contributed by atoms with van der Waals surface area (Å²) in [5, 5.41) is 1.35. The summed E-state index contributed by atoms with van der Waals surface area (Å²) in [6.07, 6.45) is 7.28. The van der Waals surface area contributed by atoms with Gasteiger partial charge in [0.05, 0.1) is 5.52 Å². The average molecular weight is 211 g/mol. The lowest BCUT2D eigenvalue weighted by Crippen LogP contribution is -1.97. The Morgan fingerprint density at radius 3 is 2.81 bits per heavy atom. The van der Waals surface area contributed by atoms with Crippen LogP contribution in [0, 0.1) is 5.92 Å². The Bertz CT molecular complexity index is 512. The molecule has 1 fully saturated rings. The Morgan fingerprint density at radius 1 is 1.25 bits per heavy atom. The molecular formula is C15H17N. The van der Waals surface area contributed by atoms with Gasteiger partial charge in [-0.05, 0) is 48.8 Å². The number of hydrogen-bond acceptors (Lipinski definition) is 1. The summed E-state index contributed by atoms with van der Waals surface area (Å²) in [5.41, 5.74) is 4.13. The molecule has 0 atom stereocenters. The smallest absolute Gasteiger partial charge is 0.0704 e. The standard InChI is InChI=1S/C15H17N/c1-2-13-12(9-11-7-8-11)10-16-15-6-4-3-5-14(13)15/h3-6,10-11H,2,7-9H2,1H3. The minimum absolute atomic E-state index is 0.938. The van der Waals surface area contributed by atoms with E-state index in [-0.39, 0.29) is 0 Å². The Kier molecular flexibility index (Phi) is 2.39. The predicted octanol–water partition coefficient (Wildman–Crippen LogP) is 3.75. The molecule has 3 rings (SSSR count). The van der Waals surface area contributed by atoms with Gasteiger partial charge < -0.3 is 0 Å². The van der Waals surface area contributed by atoms with E-state index in [9.17, 15) is 0 Å². The Hall–Kier alpha value is -1.37. The molecule has 2 aromatic rings.